The van der Waals surface area contributed by atoms with Gasteiger partial charge in [0.25, 0.3) is 5.91 Å². The number of aromatic nitrogens is 2. The fourth-order valence-electron chi connectivity index (χ4n) is 1.81. The molecule has 5 heteroatoms. The van der Waals surface area contributed by atoms with Crippen molar-refractivity contribution >= 4 is 11.6 Å². The lowest BCUT2D eigenvalue weighted by atomic mass is 10.2. The third-order valence-corrected chi connectivity index (χ3v) is 2.91. The number of nitrogen functional groups attached to an aromatic ring is 1. The van der Waals surface area contributed by atoms with Gasteiger partial charge in [0, 0.05) is 20.6 Å². The second kappa shape index (κ2) is 5.70. The zero-order valence-corrected chi connectivity index (χ0v) is 11.2. The van der Waals surface area contributed by atoms with E-state index >= 15 is 0 Å². The summed E-state index contributed by atoms with van der Waals surface area (Å²) in [6.07, 6.45) is 3.31. The fraction of sp³-hybridized carbons (Fsp3) is 0.667. The van der Waals surface area contributed by atoms with Crippen LogP contribution in [0.2, 0.25) is 0 Å². The van der Waals surface area contributed by atoms with Gasteiger partial charge in [-0.15, -0.1) is 0 Å². The number of aryl methyl sites for hydroxylation is 2. The van der Waals surface area contributed by atoms with E-state index < -0.39 is 0 Å². The van der Waals surface area contributed by atoms with Gasteiger partial charge < -0.3 is 10.6 Å². The highest BCUT2D eigenvalue weighted by Gasteiger charge is 2.20. The van der Waals surface area contributed by atoms with Gasteiger partial charge in [-0.2, -0.15) is 5.10 Å². The van der Waals surface area contributed by atoms with Crippen LogP contribution >= 0.6 is 0 Å². The number of hydrogen-bond acceptors (Lipinski definition) is 3. The molecule has 96 valence electrons. The van der Waals surface area contributed by atoms with Crippen molar-refractivity contribution in [1.82, 2.24) is 14.7 Å². The van der Waals surface area contributed by atoms with Crippen molar-refractivity contribution in [2.45, 2.75) is 33.1 Å². The van der Waals surface area contributed by atoms with Crippen molar-refractivity contribution in [1.29, 1.82) is 0 Å². The monoisotopic (exact) mass is 238 g/mol. The van der Waals surface area contributed by atoms with Crippen LogP contribution in [0.25, 0.3) is 0 Å². The minimum absolute atomic E-state index is 0.0540. The quantitative estimate of drug-likeness (QED) is 0.792. The summed E-state index contributed by atoms with van der Waals surface area (Å²) in [5.74, 6) is -0.0540. The molecule has 5 nitrogen and oxygen atoms in total. The molecule has 0 radical (unpaired) electrons. The van der Waals surface area contributed by atoms with Crippen LogP contribution in [0.3, 0.4) is 0 Å². The van der Waals surface area contributed by atoms with Gasteiger partial charge >= 0.3 is 0 Å². The number of anilines is 1. The molecule has 0 bridgehead atoms. The summed E-state index contributed by atoms with van der Waals surface area (Å²) in [4.78, 5) is 13.9. The maximum Gasteiger partial charge on any atom is 0.274 e. The lowest BCUT2D eigenvalue weighted by molar-refractivity contribution is 0.0783. The highest BCUT2D eigenvalue weighted by molar-refractivity contribution is 5.97. The van der Waals surface area contributed by atoms with Gasteiger partial charge in [-0.05, 0) is 13.3 Å². The van der Waals surface area contributed by atoms with E-state index in [0.717, 1.165) is 25.8 Å². The highest BCUT2D eigenvalue weighted by atomic mass is 16.2. The maximum absolute atomic E-state index is 12.2. The average Bonchev–Trinajstić information content (AvgIpc) is 2.52. The Balaban J connectivity index is 2.75. The number of carbonyl (C=O) groups excluding carboxylic acids is 1. The van der Waals surface area contributed by atoms with E-state index in [4.69, 9.17) is 5.73 Å². The number of hydrogen-bond donors (Lipinski definition) is 1. The van der Waals surface area contributed by atoms with Crippen LogP contribution in [0.4, 0.5) is 5.69 Å². The Morgan fingerprint density at radius 1 is 1.47 bits per heavy atom. The Hall–Kier alpha value is -1.52. The second-order valence-corrected chi connectivity index (χ2v) is 4.41. The zero-order chi connectivity index (χ0) is 13.0. The summed E-state index contributed by atoms with van der Waals surface area (Å²) < 4.78 is 1.56. The van der Waals surface area contributed by atoms with Crippen LogP contribution in [-0.2, 0) is 7.05 Å². The van der Waals surface area contributed by atoms with Gasteiger partial charge in [-0.25, -0.2) is 0 Å². The second-order valence-electron chi connectivity index (χ2n) is 4.41. The van der Waals surface area contributed by atoms with Crippen LogP contribution in [0.15, 0.2) is 0 Å². The number of amides is 1. The molecule has 1 rings (SSSR count). The first-order chi connectivity index (χ1) is 7.99. The Kier molecular flexibility index (Phi) is 4.54. The van der Waals surface area contributed by atoms with Crippen LogP contribution in [0.5, 0.6) is 0 Å². The van der Waals surface area contributed by atoms with Gasteiger partial charge in [-0.3, -0.25) is 9.48 Å². The SMILES string of the molecule is CCCCCN(C)C(=O)c1c(N)c(C)nn1C. The summed E-state index contributed by atoms with van der Waals surface area (Å²) >= 11 is 0. The minimum Gasteiger partial charge on any atom is -0.395 e. The third kappa shape index (κ3) is 2.99. The molecule has 0 saturated heterocycles. The summed E-state index contributed by atoms with van der Waals surface area (Å²) in [7, 11) is 3.55. The Morgan fingerprint density at radius 2 is 2.12 bits per heavy atom. The van der Waals surface area contributed by atoms with Gasteiger partial charge in [0.05, 0.1) is 11.4 Å². The van der Waals surface area contributed by atoms with E-state index in [1.165, 1.54) is 0 Å². The molecule has 0 saturated carbocycles. The summed E-state index contributed by atoms with van der Waals surface area (Å²) in [6.45, 7) is 4.71. The van der Waals surface area contributed by atoms with E-state index in [1.54, 1.807) is 23.7 Å². The molecular weight excluding hydrogens is 216 g/mol. The lowest BCUT2D eigenvalue weighted by Gasteiger charge is -2.17. The van der Waals surface area contributed by atoms with Crippen molar-refractivity contribution in [3.63, 3.8) is 0 Å². The highest BCUT2D eigenvalue weighted by Crippen LogP contribution is 2.17. The number of rotatable bonds is 5. The van der Waals surface area contributed by atoms with Gasteiger partial charge in [0.1, 0.15) is 5.69 Å². The normalized spacial score (nSPS) is 10.6. The molecule has 0 fully saturated rings. The molecule has 0 aliphatic carbocycles. The molecule has 0 aromatic carbocycles. The molecule has 0 aliphatic heterocycles. The molecule has 1 aromatic heterocycles. The number of carbonyl (C=O) groups is 1. The molecule has 0 atom stereocenters. The largest absolute Gasteiger partial charge is 0.395 e. The molecular formula is C12H22N4O. The predicted octanol–water partition coefficient (Wildman–Crippen LogP) is 1.57. The molecule has 0 aliphatic rings. The molecule has 1 aromatic rings. The number of unbranched alkanes of at least 4 members (excludes halogenated alkanes) is 2. The Morgan fingerprint density at radius 3 is 2.59 bits per heavy atom. The number of nitrogens with two attached hydrogens (primary N) is 1. The van der Waals surface area contributed by atoms with E-state index in [9.17, 15) is 4.79 Å². The van der Waals surface area contributed by atoms with E-state index in [0.29, 0.717) is 17.1 Å². The van der Waals surface area contributed by atoms with E-state index in [2.05, 4.69) is 12.0 Å². The summed E-state index contributed by atoms with van der Waals surface area (Å²) in [5.41, 5.74) is 7.55. The van der Waals surface area contributed by atoms with Crippen molar-refractivity contribution in [2.75, 3.05) is 19.3 Å². The van der Waals surface area contributed by atoms with Gasteiger partial charge in [-0.1, -0.05) is 19.8 Å². The molecule has 0 unspecified atom stereocenters. The van der Waals surface area contributed by atoms with Crippen LogP contribution in [-0.4, -0.2) is 34.2 Å². The van der Waals surface area contributed by atoms with Crippen LogP contribution < -0.4 is 5.73 Å². The molecule has 17 heavy (non-hydrogen) atoms. The molecule has 2 N–H and O–H groups in total. The van der Waals surface area contributed by atoms with Crippen molar-refractivity contribution in [3.8, 4) is 0 Å². The lowest BCUT2D eigenvalue weighted by Crippen LogP contribution is -2.30. The van der Waals surface area contributed by atoms with Crippen LogP contribution in [0, 0.1) is 6.92 Å². The molecule has 1 heterocycles. The smallest absolute Gasteiger partial charge is 0.274 e. The fourth-order valence-corrected chi connectivity index (χ4v) is 1.81. The first-order valence-electron chi connectivity index (χ1n) is 6.03. The first kappa shape index (κ1) is 13.5. The summed E-state index contributed by atoms with van der Waals surface area (Å²) in [5, 5.41) is 4.15. The van der Waals surface area contributed by atoms with E-state index in [1.807, 2.05) is 6.92 Å². The number of nitrogens with zero attached hydrogens (tertiary/aromatic N) is 3. The topological polar surface area (TPSA) is 64.2 Å². The van der Waals surface area contributed by atoms with Crippen molar-refractivity contribution in [2.24, 2.45) is 7.05 Å². The van der Waals surface area contributed by atoms with Crippen molar-refractivity contribution < 1.29 is 4.79 Å². The van der Waals surface area contributed by atoms with Gasteiger partial charge in [0.15, 0.2) is 0 Å². The Bertz CT molecular complexity index is 397. The zero-order valence-electron chi connectivity index (χ0n) is 11.2. The first-order valence-corrected chi connectivity index (χ1v) is 6.03. The molecule has 0 spiro atoms. The predicted molar refractivity (Wildman–Crippen MR) is 68.8 cm³/mol. The molecule has 1 amide bonds. The third-order valence-electron chi connectivity index (χ3n) is 2.91. The average molecular weight is 238 g/mol. The van der Waals surface area contributed by atoms with E-state index in [-0.39, 0.29) is 5.91 Å². The van der Waals surface area contributed by atoms with Crippen molar-refractivity contribution in [3.05, 3.63) is 11.4 Å². The minimum atomic E-state index is -0.0540. The van der Waals surface area contributed by atoms with Crippen LogP contribution in [0.1, 0.15) is 42.4 Å². The maximum atomic E-state index is 12.2. The standard InChI is InChI=1S/C12H22N4O/c1-5-6-7-8-15(3)12(17)11-10(13)9(2)14-16(11)4/h5-8,13H2,1-4H3. The Labute approximate surface area is 103 Å². The van der Waals surface area contributed by atoms with Gasteiger partial charge in [0.2, 0.25) is 0 Å². The summed E-state index contributed by atoms with van der Waals surface area (Å²) in [6, 6.07) is 0.